The van der Waals surface area contributed by atoms with Crippen LogP contribution >= 0.6 is 0 Å². The van der Waals surface area contributed by atoms with Crippen molar-refractivity contribution >= 4 is 157 Å². The molecule has 8 aromatic heterocycles. The smallest absolute Gasteiger partial charge is 0.227 e. The van der Waals surface area contributed by atoms with Crippen LogP contribution in [0.1, 0.15) is 137 Å². The van der Waals surface area contributed by atoms with Crippen molar-refractivity contribution in [3.63, 3.8) is 0 Å². The Morgan fingerprint density at radius 1 is 0.280 bits per heavy atom. The summed E-state index contributed by atoms with van der Waals surface area (Å²) >= 11 is 0. The van der Waals surface area contributed by atoms with Crippen LogP contribution in [0.4, 0.5) is 68.2 Å². The maximum absolute atomic E-state index is 6.51. The topological polar surface area (TPSA) is 130 Å². The molecule has 4 unspecified atom stereocenters. The molecule has 0 N–H and O–H groups in total. The average Bonchev–Trinajstić information content (AvgIpc) is 1.57. The van der Waals surface area contributed by atoms with Gasteiger partial charge in [0.15, 0.2) is 22.3 Å². The highest BCUT2D eigenvalue weighted by Gasteiger charge is 2.42. The molecule has 16 nitrogen and oxygen atoms in total. The number of pyridine rings is 4. The fraction of sp³-hybridized carbons (Fsp3) is 0.255. The number of aryl methyl sites for hydroxylation is 8. The number of furan rings is 4. The van der Waals surface area contributed by atoms with Gasteiger partial charge in [0.1, 0.15) is 24.7 Å². The normalized spacial score (nSPS) is 16.3. The molecule has 9 aromatic carbocycles. The minimum Gasteiger partial charge on any atom is -0.435 e. The van der Waals surface area contributed by atoms with Crippen molar-refractivity contribution in [3.05, 3.63) is 287 Å². The number of nitrogens with zero attached hydrogens (tertiary/aromatic N) is 12. The molecule has 4 aliphatic rings. The molecule has 21 rings (SSSR count). The fourth-order valence-electron chi connectivity index (χ4n) is 18.6. The first kappa shape index (κ1) is 76.2. The molecule has 594 valence electrons. The van der Waals surface area contributed by atoms with Crippen LogP contribution in [0.25, 0.3) is 88.3 Å². The molecule has 0 fully saturated rings. The third-order valence-electron chi connectivity index (χ3n) is 24.5. The number of hydrogen-bond donors (Lipinski definition) is 0. The quantitative estimate of drug-likeness (QED) is 0.136. The van der Waals surface area contributed by atoms with Gasteiger partial charge in [-0.3, -0.25) is 0 Å². The first-order chi connectivity index (χ1) is 56.9. The van der Waals surface area contributed by atoms with Gasteiger partial charge in [0.25, 0.3) is 0 Å². The van der Waals surface area contributed by atoms with Crippen molar-refractivity contribution in [1.82, 2.24) is 19.9 Å². The van der Waals surface area contributed by atoms with Gasteiger partial charge in [-0.25, -0.2) is 19.9 Å². The van der Waals surface area contributed by atoms with E-state index in [9.17, 15) is 0 Å². The lowest BCUT2D eigenvalue weighted by Gasteiger charge is -2.34. The summed E-state index contributed by atoms with van der Waals surface area (Å²) in [6.45, 7) is 39.3. The van der Waals surface area contributed by atoms with Crippen molar-refractivity contribution in [2.45, 2.75) is 167 Å². The lowest BCUT2D eigenvalue weighted by atomic mass is 9.91. The SMILES string of the molecule is Cc1ccc2c(n1)oc1c(N3C=CN(c4ccccc4)C3C)c(C)ccc12.Cc1ccc2c(n1)oc1c(N3c4ccccc4N(C(C)C)C3C)c(C)ccc12.Cc1ccc2c(n1)oc1c(N3c4ccccc4N(C)C3C)c(C)ccc12.Cc1ccc2c(n1)oc1c(N3c4ccccc4N(c4c(C(C)C)cccc4C(C)C)C3C)c(C)ccc12. The summed E-state index contributed by atoms with van der Waals surface area (Å²) in [5, 5.41) is 8.72. The van der Waals surface area contributed by atoms with E-state index in [0.29, 0.717) is 40.7 Å². The molecule has 4 aliphatic heterocycles. The van der Waals surface area contributed by atoms with Gasteiger partial charge < -0.3 is 56.9 Å². The molecule has 0 aliphatic carbocycles. The maximum Gasteiger partial charge on any atom is 0.227 e. The monoisotopic (exact) mass is 1560 g/mol. The first-order valence-corrected chi connectivity index (χ1v) is 41.5. The number of hydrogen-bond acceptors (Lipinski definition) is 16. The van der Waals surface area contributed by atoms with Crippen LogP contribution in [0.5, 0.6) is 0 Å². The van der Waals surface area contributed by atoms with Crippen LogP contribution in [0.3, 0.4) is 0 Å². The number of fused-ring (bicyclic) bond motifs is 15. The highest BCUT2D eigenvalue weighted by atomic mass is 16.4. The lowest BCUT2D eigenvalue weighted by molar-refractivity contribution is 0.601. The molecule has 12 heterocycles. The minimum atomic E-state index is 0.0574. The second-order valence-corrected chi connectivity index (χ2v) is 33.2. The van der Waals surface area contributed by atoms with Gasteiger partial charge >= 0.3 is 0 Å². The van der Waals surface area contributed by atoms with E-state index in [1.807, 2.05) is 52.0 Å². The Morgan fingerprint density at radius 3 is 0.992 bits per heavy atom. The largest absolute Gasteiger partial charge is 0.435 e. The van der Waals surface area contributed by atoms with E-state index in [1.165, 1.54) is 78.9 Å². The summed E-state index contributed by atoms with van der Waals surface area (Å²) in [4.78, 5) is 37.6. The van der Waals surface area contributed by atoms with Gasteiger partial charge in [-0.2, -0.15) is 0 Å². The fourth-order valence-corrected chi connectivity index (χ4v) is 18.6. The zero-order valence-electron chi connectivity index (χ0n) is 71.0. The van der Waals surface area contributed by atoms with Crippen molar-refractivity contribution < 1.29 is 17.7 Å². The molecule has 0 radical (unpaired) electrons. The molecule has 16 heteroatoms. The predicted octanol–water partition coefficient (Wildman–Crippen LogP) is 27.1. The van der Waals surface area contributed by atoms with Gasteiger partial charge in [0.05, 0.1) is 62.6 Å². The number of rotatable bonds is 9. The number of para-hydroxylation sites is 8. The third kappa shape index (κ3) is 12.6. The van der Waals surface area contributed by atoms with Gasteiger partial charge in [0.2, 0.25) is 22.9 Å². The van der Waals surface area contributed by atoms with Crippen LogP contribution in [-0.4, -0.2) is 57.7 Å². The highest BCUT2D eigenvalue weighted by molar-refractivity contribution is 6.14. The van der Waals surface area contributed by atoms with Gasteiger partial charge in [-0.1, -0.05) is 149 Å². The van der Waals surface area contributed by atoms with E-state index in [4.69, 9.17) is 22.7 Å². The highest BCUT2D eigenvalue weighted by Crippen LogP contribution is 2.55. The molecule has 17 aromatic rings. The molecule has 0 bridgehead atoms. The van der Waals surface area contributed by atoms with Crippen molar-refractivity contribution in [2.24, 2.45) is 0 Å². The zero-order chi connectivity index (χ0) is 82.1. The van der Waals surface area contributed by atoms with Crippen LogP contribution < -0.4 is 39.2 Å². The number of aromatic nitrogens is 4. The Labute approximate surface area is 690 Å². The van der Waals surface area contributed by atoms with E-state index < -0.39 is 0 Å². The summed E-state index contributed by atoms with van der Waals surface area (Å²) in [5.41, 5.74) is 32.2. The second kappa shape index (κ2) is 29.9. The van der Waals surface area contributed by atoms with Crippen LogP contribution in [-0.2, 0) is 0 Å². The van der Waals surface area contributed by atoms with E-state index in [0.717, 1.165) is 111 Å². The Bertz CT molecular complexity index is 6780. The molecule has 0 saturated heterocycles. The molecule has 0 saturated carbocycles. The first-order valence-electron chi connectivity index (χ1n) is 41.5. The Morgan fingerprint density at radius 2 is 0.593 bits per heavy atom. The molecule has 118 heavy (non-hydrogen) atoms. The Balaban J connectivity index is 0.000000109. The van der Waals surface area contributed by atoms with E-state index in [-0.39, 0.29) is 24.7 Å². The van der Waals surface area contributed by atoms with Gasteiger partial charge in [0, 0.05) is 97.0 Å². The summed E-state index contributed by atoms with van der Waals surface area (Å²) in [5.74, 6) is 0.828. The standard InChI is InChI=1S/C33H35N3O.C24H25N3O.C23H21N3O.C22H21N3O/c1-19(2)24-11-10-12-25(20(3)4)31(24)36-23(7)35(28-13-8-9-14-29(28)36)30-21(5)15-17-26-27-18-16-22(6)34-33(27)37-32(26)30;1-14(2)26-17(5)27(21-9-7-6-8-20(21)26)22-15(3)10-12-18-19-13-11-16(4)25-24(19)28-23(18)22;1-15-9-11-19-20-12-10-16(2)24-23(20)27-22(19)21(15)26-14-13-25(17(26)3)18-7-5-4-6-8-18;1-13-9-11-16-17-12-10-14(2)23-22(17)26-21(16)20(13)25-15(3)24(4)18-7-5-6-8-19(18)25/h8-20,23H,1-7H3;6-14,17H,1-5H3;4-14,17H,1-3H3;5-12,15H,1-4H3. The molecule has 4 atom stereocenters. The minimum absolute atomic E-state index is 0.0574. The Hall–Kier alpha value is -13.1. The van der Waals surface area contributed by atoms with E-state index >= 15 is 0 Å². The Kier molecular flexibility index (Phi) is 19.3. The van der Waals surface area contributed by atoms with Crippen LogP contribution in [0.15, 0.2) is 248 Å². The lowest BCUT2D eigenvalue weighted by Crippen LogP contribution is -2.42. The predicted molar refractivity (Wildman–Crippen MR) is 491 cm³/mol. The third-order valence-corrected chi connectivity index (χ3v) is 24.5. The van der Waals surface area contributed by atoms with E-state index in [1.54, 1.807) is 0 Å². The summed E-state index contributed by atoms with van der Waals surface area (Å²) < 4.78 is 25.4. The second-order valence-electron chi connectivity index (χ2n) is 33.2. The van der Waals surface area contributed by atoms with Crippen LogP contribution in [0.2, 0.25) is 0 Å². The number of benzene rings is 9. The van der Waals surface area contributed by atoms with Gasteiger partial charge in [-0.15, -0.1) is 0 Å². The molecular weight excluding hydrogens is 1460 g/mol. The van der Waals surface area contributed by atoms with Crippen LogP contribution in [0, 0.1) is 55.4 Å². The summed E-state index contributed by atoms with van der Waals surface area (Å²) in [6.07, 6.45) is 4.88. The van der Waals surface area contributed by atoms with E-state index in [2.05, 4.69) is 365 Å². The van der Waals surface area contributed by atoms with Gasteiger partial charge in [-0.05, 0) is 239 Å². The summed E-state index contributed by atoms with van der Waals surface area (Å²) in [7, 11) is 2.14. The summed E-state index contributed by atoms with van der Waals surface area (Å²) in [6, 6.07) is 77.6. The molecule has 0 amide bonds. The zero-order valence-corrected chi connectivity index (χ0v) is 71.0. The average molecular weight is 1560 g/mol. The van der Waals surface area contributed by atoms with Crippen molar-refractivity contribution in [1.29, 1.82) is 0 Å². The number of anilines is 12. The maximum atomic E-state index is 6.51. The van der Waals surface area contributed by atoms with Crippen molar-refractivity contribution in [2.75, 3.05) is 46.2 Å². The molecule has 0 spiro atoms. The molecular formula is C102H102N12O4. The van der Waals surface area contributed by atoms with Crippen molar-refractivity contribution in [3.8, 4) is 0 Å².